The smallest absolute Gasteiger partial charge is 0.427 e. The molecule has 1 aromatic carbocycles. The van der Waals surface area contributed by atoms with Gasteiger partial charge in [-0.15, -0.1) is 0 Å². The van der Waals surface area contributed by atoms with Gasteiger partial charge in [0.05, 0.1) is 12.8 Å². The maximum Gasteiger partial charge on any atom is 0.427 e. The molecule has 1 amide bonds. The van der Waals surface area contributed by atoms with Gasteiger partial charge < -0.3 is 4.74 Å². The molecule has 0 unspecified atom stereocenters. The Labute approximate surface area is 88.9 Å². The van der Waals surface area contributed by atoms with E-state index in [9.17, 15) is 4.79 Å². The molecule has 4 heteroatoms. The van der Waals surface area contributed by atoms with Gasteiger partial charge in [-0.05, 0) is 12.0 Å². The van der Waals surface area contributed by atoms with Crippen LogP contribution in [0.2, 0.25) is 0 Å². The number of rotatable bonds is 3. The number of amides is 1. The molecule has 0 aliphatic heterocycles. The molecule has 0 saturated carbocycles. The number of hydrogen-bond donors (Lipinski definition) is 1. The van der Waals surface area contributed by atoms with Crippen LogP contribution in [0.3, 0.4) is 0 Å². The van der Waals surface area contributed by atoms with E-state index in [-0.39, 0.29) is 0 Å². The van der Waals surface area contributed by atoms with Crippen molar-refractivity contribution in [2.24, 2.45) is 5.10 Å². The van der Waals surface area contributed by atoms with Crippen LogP contribution in [0, 0.1) is 0 Å². The molecule has 0 heterocycles. The number of nitrogens with zero attached hydrogens (tertiary/aromatic N) is 1. The first-order valence-corrected chi connectivity index (χ1v) is 4.74. The van der Waals surface area contributed by atoms with E-state index in [1.165, 1.54) is 7.11 Å². The molecule has 0 aliphatic rings. The van der Waals surface area contributed by atoms with Gasteiger partial charge in [0.2, 0.25) is 0 Å². The van der Waals surface area contributed by atoms with Crippen molar-refractivity contribution in [3.63, 3.8) is 0 Å². The average Bonchev–Trinajstić information content (AvgIpc) is 2.31. The van der Waals surface area contributed by atoms with Crippen molar-refractivity contribution in [3.05, 3.63) is 35.9 Å². The lowest BCUT2D eigenvalue weighted by atomic mass is 10.1. The molecular weight excluding hydrogens is 192 g/mol. The summed E-state index contributed by atoms with van der Waals surface area (Å²) in [6, 6.07) is 9.68. The van der Waals surface area contributed by atoms with Crippen LogP contribution in [-0.4, -0.2) is 18.9 Å². The van der Waals surface area contributed by atoms with Crippen molar-refractivity contribution in [2.75, 3.05) is 7.11 Å². The summed E-state index contributed by atoms with van der Waals surface area (Å²) in [7, 11) is 1.30. The molecule has 0 bridgehead atoms. The number of benzene rings is 1. The third kappa shape index (κ3) is 3.42. The molecule has 4 nitrogen and oxygen atoms in total. The standard InChI is InChI=1S/C11H14N2O2/c1-3-10(12-13-11(14)15-2)9-7-5-4-6-8-9/h4-8H,3H2,1-2H3,(H,13,14)/b12-10+. The summed E-state index contributed by atoms with van der Waals surface area (Å²) in [5.41, 5.74) is 4.13. The number of methoxy groups -OCH3 is 1. The fourth-order valence-electron chi connectivity index (χ4n) is 1.14. The highest BCUT2D eigenvalue weighted by Crippen LogP contribution is 2.03. The Morgan fingerprint density at radius 2 is 2.07 bits per heavy atom. The van der Waals surface area contributed by atoms with Crippen LogP contribution in [0.1, 0.15) is 18.9 Å². The third-order valence-electron chi connectivity index (χ3n) is 1.91. The van der Waals surface area contributed by atoms with Gasteiger partial charge in [0, 0.05) is 0 Å². The number of carbonyl (C=O) groups excluding carboxylic acids is 1. The SMILES string of the molecule is CC/C(=N\NC(=O)OC)c1ccccc1. The highest BCUT2D eigenvalue weighted by molar-refractivity contribution is 6.00. The minimum atomic E-state index is -0.558. The van der Waals surface area contributed by atoms with Gasteiger partial charge in [0.25, 0.3) is 0 Å². The number of ether oxygens (including phenoxy) is 1. The lowest BCUT2D eigenvalue weighted by Crippen LogP contribution is -2.19. The first kappa shape index (κ1) is 11.2. The van der Waals surface area contributed by atoms with Crippen molar-refractivity contribution < 1.29 is 9.53 Å². The van der Waals surface area contributed by atoms with Gasteiger partial charge >= 0.3 is 6.09 Å². The summed E-state index contributed by atoms with van der Waals surface area (Å²) in [6.07, 6.45) is 0.186. The van der Waals surface area contributed by atoms with E-state index >= 15 is 0 Å². The summed E-state index contributed by atoms with van der Waals surface area (Å²) in [5.74, 6) is 0. The first-order chi connectivity index (χ1) is 7.27. The van der Waals surface area contributed by atoms with Crippen LogP contribution in [0.25, 0.3) is 0 Å². The first-order valence-electron chi connectivity index (χ1n) is 4.74. The fraction of sp³-hybridized carbons (Fsp3) is 0.273. The summed E-state index contributed by atoms with van der Waals surface area (Å²) >= 11 is 0. The van der Waals surface area contributed by atoms with Gasteiger partial charge in [-0.3, -0.25) is 0 Å². The molecule has 0 spiro atoms. The zero-order chi connectivity index (χ0) is 11.1. The lowest BCUT2D eigenvalue weighted by Gasteiger charge is -2.03. The molecule has 0 saturated heterocycles. The molecule has 1 N–H and O–H groups in total. The summed E-state index contributed by atoms with van der Waals surface area (Å²) in [6.45, 7) is 1.98. The van der Waals surface area contributed by atoms with Gasteiger partial charge in [-0.1, -0.05) is 37.3 Å². The Morgan fingerprint density at radius 1 is 1.40 bits per heavy atom. The number of carbonyl (C=O) groups is 1. The van der Waals surface area contributed by atoms with Crippen LogP contribution < -0.4 is 5.43 Å². The minimum absolute atomic E-state index is 0.558. The van der Waals surface area contributed by atoms with E-state index in [1.54, 1.807) is 0 Å². The van der Waals surface area contributed by atoms with Gasteiger partial charge in [-0.25, -0.2) is 10.2 Å². The molecule has 0 fully saturated rings. The van der Waals surface area contributed by atoms with E-state index in [1.807, 2.05) is 37.3 Å². The fourth-order valence-corrected chi connectivity index (χ4v) is 1.14. The maximum atomic E-state index is 10.8. The number of hydrazone groups is 1. The second kappa shape index (κ2) is 5.80. The monoisotopic (exact) mass is 206 g/mol. The van der Waals surface area contributed by atoms with Gasteiger partial charge in [0.15, 0.2) is 0 Å². The normalized spacial score (nSPS) is 10.9. The Morgan fingerprint density at radius 3 is 2.60 bits per heavy atom. The number of nitrogens with one attached hydrogen (secondary N) is 1. The predicted octanol–water partition coefficient (Wildman–Crippen LogP) is 2.16. The topological polar surface area (TPSA) is 50.7 Å². The Balaban J connectivity index is 2.76. The quantitative estimate of drug-likeness (QED) is 0.608. The molecule has 1 aromatic rings. The third-order valence-corrected chi connectivity index (χ3v) is 1.91. The van der Waals surface area contributed by atoms with Crippen LogP contribution >= 0.6 is 0 Å². The summed E-state index contributed by atoms with van der Waals surface area (Å²) < 4.78 is 4.42. The molecular formula is C11H14N2O2. The van der Waals surface area contributed by atoms with Crippen molar-refractivity contribution in [3.8, 4) is 0 Å². The highest BCUT2D eigenvalue weighted by Gasteiger charge is 2.01. The average molecular weight is 206 g/mol. The van der Waals surface area contributed by atoms with E-state index in [0.29, 0.717) is 0 Å². The van der Waals surface area contributed by atoms with E-state index < -0.39 is 6.09 Å². The van der Waals surface area contributed by atoms with E-state index in [0.717, 1.165) is 17.7 Å². The van der Waals surface area contributed by atoms with Crippen LogP contribution in [0.4, 0.5) is 4.79 Å². The van der Waals surface area contributed by atoms with Crippen molar-refractivity contribution >= 4 is 11.8 Å². The van der Waals surface area contributed by atoms with Crippen LogP contribution in [0.15, 0.2) is 35.4 Å². The zero-order valence-corrected chi connectivity index (χ0v) is 8.86. The molecule has 80 valence electrons. The largest absolute Gasteiger partial charge is 0.452 e. The molecule has 0 atom stereocenters. The van der Waals surface area contributed by atoms with Crippen LogP contribution in [0.5, 0.6) is 0 Å². The second-order valence-electron chi connectivity index (χ2n) is 2.88. The Hall–Kier alpha value is -1.84. The molecule has 15 heavy (non-hydrogen) atoms. The Bertz CT molecular complexity index is 347. The van der Waals surface area contributed by atoms with Crippen molar-refractivity contribution in [2.45, 2.75) is 13.3 Å². The second-order valence-corrected chi connectivity index (χ2v) is 2.88. The van der Waals surface area contributed by atoms with Crippen LogP contribution in [-0.2, 0) is 4.74 Å². The summed E-state index contributed by atoms with van der Waals surface area (Å²) in [4.78, 5) is 10.8. The van der Waals surface area contributed by atoms with Crippen molar-refractivity contribution in [1.29, 1.82) is 0 Å². The predicted molar refractivity (Wildman–Crippen MR) is 58.8 cm³/mol. The maximum absolute atomic E-state index is 10.8. The lowest BCUT2D eigenvalue weighted by molar-refractivity contribution is 0.171. The molecule has 1 rings (SSSR count). The highest BCUT2D eigenvalue weighted by atomic mass is 16.5. The van der Waals surface area contributed by atoms with Crippen molar-refractivity contribution in [1.82, 2.24) is 5.43 Å². The number of hydrogen-bond acceptors (Lipinski definition) is 3. The van der Waals surface area contributed by atoms with E-state index in [2.05, 4.69) is 15.3 Å². The summed E-state index contributed by atoms with van der Waals surface area (Å²) in [5, 5.41) is 3.98. The minimum Gasteiger partial charge on any atom is -0.452 e. The van der Waals surface area contributed by atoms with Gasteiger partial charge in [-0.2, -0.15) is 5.10 Å². The molecule has 0 aromatic heterocycles. The zero-order valence-electron chi connectivity index (χ0n) is 8.86. The van der Waals surface area contributed by atoms with Gasteiger partial charge in [0.1, 0.15) is 0 Å². The van der Waals surface area contributed by atoms with E-state index in [4.69, 9.17) is 0 Å². The molecule has 0 aliphatic carbocycles. The Kier molecular flexibility index (Phi) is 4.34. The molecule has 0 radical (unpaired) electrons.